The van der Waals surface area contributed by atoms with E-state index in [2.05, 4.69) is 5.32 Å². The maximum absolute atomic E-state index is 13.3. The lowest BCUT2D eigenvalue weighted by atomic mass is 9.98. The summed E-state index contributed by atoms with van der Waals surface area (Å²) in [4.78, 5) is 13.5. The fourth-order valence-electron chi connectivity index (χ4n) is 4.89. The van der Waals surface area contributed by atoms with Crippen LogP contribution in [0.1, 0.15) is 24.0 Å². The van der Waals surface area contributed by atoms with Gasteiger partial charge in [0.15, 0.2) is 0 Å². The van der Waals surface area contributed by atoms with Gasteiger partial charge in [0, 0.05) is 30.3 Å². The molecular formula is C27H28ClN3O5S2. The first-order valence-corrected chi connectivity index (χ1v) is 15.6. The van der Waals surface area contributed by atoms with Crippen LogP contribution in [0.15, 0.2) is 76.5 Å². The minimum absolute atomic E-state index is 0.0874. The Bertz CT molecular complexity index is 1570. The lowest BCUT2D eigenvalue weighted by molar-refractivity contribution is -0.120. The zero-order valence-corrected chi connectivity index (χ0v) is 23.2. The van der Waals surface area contributed by atoms with E-state index in [9.17, 15) is 21.6 Å². The van der Waals surface area contributed by atoms with Crippen LogP contribution < -0.4 is 9.62 Å². The Morgan fingerprint density at radius 3 is 2.26 bits per heavy atom. The summed E-state index contributed by atoms with van der Waals surface area (Å²) in [5.74, 6) is -0.815. The molecule has 0 spiro atoms. The molecule has 1 saturated heterocycles. The van der Waals surface area contributed by atoms with E-state index in [0.29, 0.717) is 48.7 Å². The van der Waals surface area contributed by atoms with E-state index in [1.54, 1.807) is 36.4 Å². The van der Waals surface area contributed by atoms with Gasteiger partial charge in [-0.25, -0.2) is 16.8 Å². The highest BCUT2D eigenvalue weighted by Gasteiger charge is 2.34. The number of carbonyl (C=O) groups is 1. The van der Waals surface area contributed by atoms with E-state index in [0.717, 1.165) is 11.1 Å². The van der Waals surface area contributed by atoms with Crippen LogP contribution >= 0.6 is 11.6 Å². The van der Waals surface area contributed by atoms with Crippen molar-refractivity contribution < 1.29 is 21.6 Å². The number of sulfonamides is 2. The fraction of sp³-hybridized carbons (Fsp3) is 0.296. The molecule has 0 saturated carbocycles. The minimum atomic E-state index is -3.80. The number of anilines is 2. The molecule has 8 nitrogen and oxygen atoms in total. The first-order valence-electron chi connectivity index (χ1n) is 12.3. The summed E-state index contributed by atoms with van der Waals surface area (Å²) in [6.07, 6.45) is 1.69. The van der Waals surface area contributed by atoms with E-state index in [-0.39, 0.29) is 22.2 Å². The molecule has 2 heterocycles. The fourth-order valence-corrected chi connectivity index (χ4v) is 8.03. The Morgan fingerprint density at radius 1 is 0.895 bits per heavy atom. The highest BCUT2D eigenvalue weighted by molar-refractivity contribution is 7.92. The summed E-state index contributed by atoms with van der Waals surface area (Å²) in [6, 6.07) is 17.9. The molecule has 38 heavy (non-hydrogen) atoms. The minimum Gasteiger partial charge on any atom is -0.326 e. The van der Waals surface area contributed by atoms with Crippen molar-refractivity contribution in [3.8, 4) is 0 Å². The van der Waals surface area contributed by atoms with Crippen molar-refractivity contribution in [3.63, 3.8) is 0 Å². The molecule has 11 heteroatoms. The average molecular weight is 574 g/mol. The maximum atomic E-state index is 13.3. The van der Waals surface area contributed by atoms with E-state index < -0.39 is 26.0 Å². The number of hydrogen-bond donors (Lipinski definition) is 1. The van der Waals surface area contributed by atoms with Crippen molar-refractivity contribution in [2.24, 2.45) is 5.92 Å². The summed E-state index contributed by atoms with van der Waals surface area (Å²) in [7, 11) is -7.51. The molecule has 0 radical (unpaired) electrons. The predicted molar refractivity (Wildman–Crippen MR) is 147 cm³/mol. The SMILES string of the molecule is Cc1ccc(S(=O)(=O)N2CCCC(C(=O)Nc3ccc4c(c3)N(S(=O)(=O)c3ccc(Cl)cc3)CC4)C2)cc1. The van der Waals surface area contributed by atoms with Crippen molar-refractivity contribution in [1.82, 2.24) is 4.31 Å². The molecule has 5 rings (SSSR count). The summed E-state index contributed by atoms with van der Waals surface area (Å²) in [5, 5.41) is 3.33. The van der Waals surface area contributed by atoms with Gasteiger partial charge in [-0.05, 0) is 80.3 Å². The molecule has 0 aromatic heterocycles. The highest BCUT2D eigenvalue weighted by atomic mass is 35.5. The molecule has 1 N–H and O–H groups in total. The predicted octanol–water partition coefficient (Wildman–Crippen LogP) is 4.44. The molecule has 3 aromatic carbocycles. The normalized spacial score (nSPS) is 18.3. The van der Waals surface area contributed by atoms with Gasteiger partial charge in [0.1, 0.15) is 0 Å². The highest BCUT2D eigenvalue weighted by Crippen LogP contribution is 2.35. The van der Waals surface area contributed by atoms with Crippen LogP contribution in [-0.4, -0.2) is 46.7 Å². The van der Waals surface area contributed by atoms with Crippen molar-refractivity contribution in [1.29, 1.82) is 0 Å². The second kappa shape index (κ2) is 10.3. The number of piperidine rings is 1. The summed E-state index contributed by atoms with van der Waals surface area (Å²) >= 11 is 5.92. The Morgan fingerprint density at radius 2 is 1.55 bits per heavy atom. The summed E-state index contributed by atoms with van der Waals surface area (Å²) < 4.78 is 55.6. The second-order valence-electron chi connectivity index (χ2n) is 9.63. The van der Waals surface area contributed by atoms with Gasteiger partial charge in [-0.2, -0.15) is 4.31 Å². The Hall–Kier alpha value is -2.92. The van der Waals surface area contributed by atoms with Gasteiger partial charge in [0.05, 0.1) is 21.4 Å². The van der Waals surface area contributed by atoms with Gasteiger partial charge >= 0.3 is 0 Å². The van der Waals surface area contributed by atoms with Crippen LogP contribution in [0.25, 0.3) is 0 Å². The topological polar surface area (TPSA) is 104 Å². The molecule has 2 aliphatic heterocycles. The zero-order chi connectivity index (χ0) is 27.1. The van der Waals surface area contributed by atoms with Gasteiger partial charge < -0.3 is 5.32 Å². The van der Waals surface area contributed by atoms with E-state index in [4.69, 9.17) is 11.6 Å². The molecule has 0 bridgehead atoms. The molecule has 1 fully saturated rings. The van der Waals surface area contributed by atoms with Gasteiger partial charge in [-0.15, -0.1) is 0 Å². The number of fused-ring (bicyclic) bond motifs is 1. The number of hydrogen-bond acceptors (Lipinski definition) is 5. The Kier molecular flexibility index (Phi) is 7.25. The first-order chi connectivity index (χ1) is 18.1. The van der Waals surface area contributed by atoms with Gasteiger partial charge in [-0.1, -0.05) is 35.4 Å². The van der Waals surface area contributed by atoms with Crippen LogP contribution in [0.3, 0.4) is 0 Å². The molecular weight excluding hydrogens is 546 g/mol. The zero-order valence-electron chi connectivity index (χ0n) is 20.8. The third-order valence-electron chi connectivity index (χ3n) is 7.02. The second-order valence-corrected chi connectivity index (χ2v) is 13.9. The lowest BCUT2D eigenvalue weighted by Gasteiger charge is -2.31. The van der Waals surface area contributed by atoms with Gasteiger partial charge in [-0.3, -0.25) is 9.10 Å². The van der Waals surface area contributed by atoms with Gasteiger partial charge in [0.25, 0.3) is 10.0 Å². The third kappa shape index (κ3) is 5.18. The lowest BCUT2D eigenvalue weighted by Crippen LogP contribution is -2.43. The van der Waals surface area contributed by atoms with E-state index >= 15 is 0 Å². The number of aryl methyl sites for hydroxylation is 1. The Labute approximate surface area is 228 Å². The number of amides is 1. The van der Waals surface area contributed by atoms with E-state index in [1.807, 2.05) is 13.0 Å². The summed E-state index contributed by atoms with van der Waals surface area (Å²) in [5.41, 5.74) is 2.82. The molecule has 200 valence electrons. The van der Waals surface area contributed by atoms with Crippen LogP contribution in [0.2, 0.25) is 5.02 Å². The number of nitrogens with one attached hydrogen (secondary N) is 1. The average Bonchev–Trinajstić information content (AvgIpc) is 3.33. The quantitative estimate of drug-likeness (QED) is 0.469. The van der Waals surface area contributed by atoms with Crippen molar-refractivity contribution in [2.45, 2.75) is 36.0 Å². The molecule has 1 amide bonds. The number of nitrogens with zero attached hydrogens (tertiary/aromatic N) is 2. The Balaban J connectivity index is 1.32. The van der Waals surface area contributed by atoms with Gasteiger partial charge in [0.2, 0.25) is 15.9 Å². The third-order valence-corrected chi connectivity index (χ3v) is 11.0. The smallest absolute Gasteiger partial charge is 0.264 e. The molecule has 0 aliphatic carbocycles. The molecule has 3 aromatic rings. The summed E-state index contributed by atoms with van der Waals surface area (Å²) in [6.45, 7) is 2.63. The van der Waals surface area contributed by atoms with E-state index in [1.165, 1.54) is 32.9 Å². The molecule has 2 aliphatic rings. The largest absolute Gasteiger partial charge is 0.326 e. The molecule has 1 atom stereocenters. The standard InChI is InChI=1S/C27H28ClN3O5S2/c1-19-4-10-24(11-5-19)37(33,34)30-15-2-3-21(18-30)27(32)29-23-9-6-20-14-16-31(26(20)17-23)38(35,36)25-12-7-22(28)8-13-25/h4-13,17,21H,2-3,14-16,18H2,1H3,(H,29,32). The van der Waals surface area contributed by atoms with Crippen LogP contribution in [0.5, 0.6) is 0 Å². The number of rotatable bonds is 6. The number of benzene rings is 3. The van der Waals surface area contributed by atoms with Crippen LogP contribution in [0.4, 0.5) is 11.4 Å². The number of halogens is 1. The van der Waals surface area contributed by atoms with Crippen LogP contribution in [-0.2, 0) is 31.3 Å². The van der Waals surface area contributed by atoms with Crippen LogP contribution in [0, 0.1) is 12.8 Å². The monoisotopic (exact) mass is 573 g/mol. The molecule has 1 unspecified atom stereocenters. The van der Waals surface area contributed by atoms with Crippen molar-refractivity contribution in [3.05, 3.63) is 82.9 Å². The van der Waals surface area contributed by atoms with Crippen molar-refractivity contribution >= 4 is 48.9 Å². The first kappa shape index (κ1) is 26.7. The maximum Gasteiger partial charge on any atom is 0.264 e. The van der Waals surface area contributed by atoms with Crippen molar-refractivity contribution in [2.75, 3.05) is 29.3 Å². The number of carbonyl (C=O) groups excluding carboxylic acids is 1.